The van der Waals surface area contributed by atoms with Gasteiger partial charge in [0.05, 0.1) is 13.1 Å². The summed E-state index contributed by atoms with van der Waals surface area (Å²) in [4.78, 5) is 17.8. The first-order valence-corrected chi connectivity index (χ1v) is 8.14. The van der Waals surface area contributed by atoms with Crippen LogP contribution in [0.15, 0.2) is 33.7 Å². The zero-order chi connectivity index (χ0) is 16.5. The molecule has 0 aliphatic carbocycles. The Bertz CT molecular complexity index is 503. The SMILES string of the molecule is CC(C)CNC(=NCc1ccc(Br)cc1)NCC(=O)N(C)C.I. The number of hydrogen-bond donors (Lipinski definition) is 2. The van der Waals surface area contributed by atoms with E-state index in [9.17, 15) is 4.79 Å². The van der Waals surface area contributed by atoms with Crippen molar-refractivity contribution in [2.24, 2.45) is 10.9 Å². The minimum Gasteiger partial charge on any atom is -0.356 e. The summed E-state index contributed by atoms with van der Waals surface area (Å²) in [5.41, 5.74) is 1.12. The third kappa shape index (κ3) is 9.80. The number of hydrogen-bond acceptors (Lipinski definition) is 2. The first-order valence-electron chi connectivity index (χ1n) is 7.35. The lowest BCUT2D eigenvalue weighted by atomic mass is 10.2. The molecule has 0 aliphatic heterocycles. The average molecular weight is 497 g/mol. The highest BCUT2D eigenvalue weighted by Gasteiger charge is 2.06. The van der Waals surface area contributed by atoms with Gasteiger partial charge in [0.15, 0.2) is 5.96 Å². The normalized spacial score (nSPS) is 11.0. The van der Waals surface area contributed by atoms with Crippen molar-refractivity contribution in [3.63, 3.8) is 0 Å². The number of carbonyl (C=O) groups excluding carboxylic acids is 1. The number of benzene rings is 1. The average Bonchev–Trinajstić information content (AvgIpc) is 2.47. The van der Waals surface area contributed by atoms with Gasteiger partial charge in [0, 0.05) is 25.1 Å². The maximum absolute atomic E-state index is 11.7. The van der Waals surface area contributed by atoms with Gasteiger partial charge in [0.2, 0.25) is 5.91 Å². The molecule has 2 N–H and O–H groups in total. The molecule has 1 amide bonds. The van der Waals surface area contributed by atoms with Gasteiger partial charge in [-0.25, -0.2) is 4.99 Å². The molecule has 1 rings (SSSR count). The van der Waals surface area contributed by atoms with Gasteiger partial charge in [0.1, 0.15) is 0 Å². The summed E-state index contributed by atoms with van der Waals surface area (Å²) in [7, 11) is 3.48. The van der Waals surface area contributed by atoms with Gasteiger partial charge in [-0.3, -0.25) is 4.79 Å². The van der Waals surface area contributed by atoms with Gasteiger partial charge in [-0.1, -0.05) is 41.9 Å². The number of nitrogens with one attached hydrogen (secondary N) is 2. The van der Waals surface area contributed by atoms with Crippen molar-refractivity contribution < 1.29 is 4.79 Å². The van der Waals surface area contributed by atoms with Crippen LogP contribution in [0.1, 0.15) is 19.4 Å². The van der Waals surface area contributed by atoms with Crippen molar-refractivity contribution in [1.29, 1.82) is 0 Å². The molecule has 1 aromatic carbocycles. The molecule has 0 heterocycles. The highest BCUT2D eigenvalue weighted by molar-refractivity contribution is 14.0. The summed E-state index contributed by atoms with van der Waals surface area (Å²) < 4.78 is 1.05. The minimum atomic E-state index is 0. The lowest BCUT2D eigenvalue weighted by Gasteiger charge is -2.16. The first kappa shape index (κ1) is 22.2. The van der Waals surface area contributed by atoms with Gasteiger partial charge in [-0.2, -0.15) is 0 Å². The van der Waals surface area contributed by atoms with Crippen LogP contribution in [-0.2, 0) is 11.3 Å². The maximum atomic E-state index is 11.7. The van der Waals surface area contributed by atoms with Gasteiger partial charge >= 0.3 is 0 Å². The number of nitrogens with zero attached hydrogens (tertiary/aromatic N) is 2. The molecule has 0 unspecified atom stereocenters. The van der Waals surface area contributed by atoms with Crippen LogP contribution in [0.5, 0.6) is 0 Å². The van der Waals surface area contributed by atoms with Gasteiger partial charge < -0.3 is 15.5 Å². The van der Waals surface area contributed by atoms with E-state index in [1.807, 2.05) is 24.3 Å². The van der Waals surface area contributed by atoms with Crippen molar-refractivity contribution in [2.75, 3.05) is 27.2 Å². The van der Waals surface area contributed by atoms with Crippen LogP contribution < -0.4 is 10.6 Å². The van der Waals surface area contributed by atoms with E-state index in [1.54, 1.807) is 19.0 Å². The van der Waals surface area contributed by atoms with Crippen LogP contribution >= 0.6 is 39.9 Å². The molecule has 0 aromatic heterocycles. The van der Waals surface area contributed by atoms with Crippen LogP contribution in [0.3, 0.4) is 0 Å². The molecule has 0 spiro atoms. The Balaban J connectivity index is 0.00000484. The standard InChI is InChI=1S/C16H25BrN4O.HI/c1-12(2)9-18-16(20-11-15(22)21(3)4)19-10-13-5-7-14(17)8-6-13;/h5-8,12H,9-11H2,1-4H3,(H2,18,19,20);1H. The Morgan fingerprint density at radius 2 is 1.83 bits per heavy atom. The Labute approximate surface area is 164 Å². The van der Waals surface area contributed by atoms with Crippen LogP contribution in [0, 0.1) is 5.92 Å². The van der Waals surface area contributed by atoms with E-state index < -0.39 is 0 Å². The van der Waals surface area contributed by atoms with E-state index in [1.165, 1.54) is 0 Å². The molecular formula is C16H26BrIN4O. The van der Waals surface area contributed by atoms with Crippen molar-refractivity contribution in [3.05, 3.63) is 34.3 Å². The molecule has 5 nitrogen and oxygen atoms in total. The number of carbonyl (C=O) groups is 1. The maximum Gasteiger partial charge on any atom is 0.241 e. The van der Waals surface area contributed by atoms with E-state index in [0.717, 1.165) is 16.6 Å². The third-order valence-electron chi connectivity index (χ3n) is 2.92. The predicted octanol–water partition coefficient (Wildman–Crippen LogP) is 2.85. The van der Waals surface area contributed by atoms with Crippen molar-refractivity contribution in [2.45, 2.75) is 20.4 Å². The highest BCUT2D eigenvalue weighted by atomic mass is 127. The Morgan fingerprint density at radius 3 is 2.35 bits per heavy atom. The molecule has 23 heavy (non-hydrogen) atoms. The van der Waals surface area contributed by atoms with Gasteiger partial charge in [-0.05, 0) is 23.6 Å². The molecule has 7 heteroatoms. The van der Waals surface area contributed by atoms with E-state index in [2.05, 4.69) is 45.4 Å². The number of aliphatic imine (C=N–C) groups is 1. The fourth-order valence-electron chi connectivity index (χ4n) is 1.55. The van der Waals surface area contributed by atoms with E-state index in [4.69, 9.17) is 0 Å². The van der Waals surface area contributed by atoms with E-state index >= 15 is 0 Å². The minimum absolute atomic E-state index is 0. The van der Waals surface area contributed by atoms with Gasteiger partial charge in [-0.15, -0.1) is 24.0 Å². The second-order valence-electron chi connectivity index (χ2n) is 5.71. The largest absolute Gasteiger partial charge is 0.356 e. The summed E-state index contributed by atoms with van der Waals surface area (Å²) in [5.74, 6) is 1.18. The number of likely N-dealkylation sites (N-methyl/N-ethyl adjacent to an activating group) is 1. The van der Waals surface area contributed by atoms with Crippen LogP contribution in [0.4, 0.5) is 0 Å². The van der Waals surface area contributed by atoms with Crippen molar-refractivity contribution in [3.8, 4) is 0 Å². The lowest BCUT2D eigenvalue weighted by molar-refractivity contribution is -0.127. The molecule has 0 saturated heterocycles. The molecule has 130 valence electrons. The van der Waals surface area contributed by atoms with Crippen LogP contribution in [-0.4, -0.2) is 44.0 Å². The Kier molecular flexibility index (Phi) is 11.2. The quantitative estimate of drug-likeness (QED) is 0.361. The number of halogens is 2. The van der Waals surface area contributed by atoms with Gasteiger partial charge in [0.25, 0.3) is 0 Å². The van der Waals surface area contributed by atoms with Crippen LogP contribution in [0.2, 0.25) is 0 Å². The lowest BCUT2D eigenvalue weighted by Crippen LogP contribution is -2.44. The zero-order valence-electron chi connectivity index (χ0n) is 14.1. The Hall–Kier alpha value is -0.830. The smallest absolute Gasteiger partial charge is 0.241 e. The second kappa shape index (κ2) is 11.7. The Morgan fingerprint density at radius 1 is 1.22 bits per heavy atom. The molecule has 0 atom stereocenters. The van der Waals surface area contributed by atoms with E-state index in [-0.39, 0.29) is 36.4 Å². The first-order chi connectivity index (χ1) is 10.4. The van der Waals surface area contributed by atoms with E-state index in [0.29, 0.717) is 18.4 Å². The summed E-state index contributed by atoms with van der Waals surface area (Å²) in [6.07, 6.45) is 0. The summed E-state index contributed by atoms with van der Waals surface area (Å²) in [6, 6.07) is 8.04. The highest BCUT2D eigenvalue weighted by Crippen LogP contribution is 2.11. The summed E-state index contributed by atoms with van der Waals surface area (Å²) in [5, 5.41) is 6.33. The number of amides is 1. The molecule has 0 radical (unpaired) electrons. The molecule has 0 saturated carbocycles. The molecule has 1 aromatic rings. The number of guanidine groups is 1. The summed E-state index contributed by atoms with van der Waals surface area (Å²) >= 11 is 3.42. The summed E-state index contributed by atoms with van der Waals surface area (Å²) in [6.45, 7) is 5.87. The third-order valence-corrected chi connectivity index (χ3v) is 3.45. The van der Waals surface area contributed by atoms with Crippen LogP contribution in [0.25, 0.3) is 0 Å². The monoisotopic (exact) mass is 496 g/mol. The molecule has 0 fully saturated rings. The van der Waals surface area contributed by atoms with Crippen molar-refractivity contribution >= 4 is 51.8 Å². The molecular weight excluding hydrogens is 471 g/mol. The zero-order valence-corrected chi connectivity index (χ0v) is 18.0. The topological polar surface area (TPSA) is 56.7 Å². The number of rotatable bonds is 6. The second-order valence-corrected chi connectivity index (χ2v) is 6.62. The molecule has 0 bridgehead atoms. The predicted molar refractivity (Wildman–Crippen MR) is 110 cm³/mol. The fourth-order valence-corrected chi connectivity index (χ4v) is 1.82. The van der Waals surface area contributed by atoms with Crippen molar-refractivity contribution in [1.82, 2.24) is 15.5 Å². The fraction of sp³-hybridized carbons (Fsp3) is 0.500. The molecule has 0 aliphatic rings.